The molecule has 0 aromatic heterocycles. The van der Waals surface area contributed by atoms with E-state index in [1.807, 2.05) is 33.8 Å². The van der Waals surface area contributed by atoms with Crippen molar-refractivity contribution in [3.05, 3.63) is 28.3 Å². The molecule has 2 N–H and O–H groups in total. The monoisotopic (exact) mass is 296 g/mol. The molecule has 1 aromatic carbocycles. The van der Waals surface area contributed by atoms with Crippen LogP contribution in [0, 0.1) is 27.7 Å². The van der Waals surface area contributed by atoms with Crippen molar-refractivity contribution in [3.8, 4) is 0 Å². The second-order valence-corrected chi connectivity index (χ2v) is 7.40. The molecule has 2 rings (SSSR count). The van der Waals surface area contributed by atoms with Gasteiger partial charge in [-0.25, -0.2) is 13.1 Å². The topological polar surface area (TPSA) is 58.2 Å². The Hall–Kier alpha value is -0.910. The molecule has 0 bridgehead atoms. The molecule has 0 radical (unpaired) electrons. The number of piperidine rings is 1. The van der Waals surface area contributed by atoms with Gasteiger partial charge in [0, 0.05) is 12.6 Å². The van der Waals surface area contributed by atoms with Gasteiger partial charge in [-0.15, -0.1) is 0 Å². The van der Waals surface area contributed by atoms with Gasteiger partial charge in [0.15, 0.2) is 0 Å². The molecule has 1 aliphatic heterocycles. The lowest BCUT2D eigenvalue weighted by atomic mass is 10.0. The van der Waals surface area contributed by atoms with E-state index in [0.29, 0.717) is 11.4 Å². The maximum absolute atomic E-state index is 12.7. The summed E-state index contributed by atoms with van der Waals surface area (Å²) in [6, 6.07) is 2.04. The fraction of sp³-hybridized carbons (Fsp3) is 0.600. The number of nitrogens with one attached hydrogen (secondary N) is 2. The first kappa shape index (κ1) is 15.5. The highest BCUT2D eigenvalue weighted by molar-refractivity contribution is 7.89. The molecule has 1 aromatic rings. The lowest BCUT2D eigenvalue weighted by Gasteiger charge is -2.25. The van der Waals surface area contributed by atoms with Gasteiger partial charge in [-0.05, 0) is 69.3 Å². The van der Waals surface area contributed by atoms with Crippen molar-refractivity contribution in [3.63, 3.8) is 0 Å². The van der Waals surface area contributed by atoms with Crippen molar-refractivity contribution in [2.24, 2.45) is 0 Å². The lowest BCUT2D eigenvalue weighted by molar-refractivity contribution is 0.428. The third-order valence-electron chi connectivity index (χ3n) is 4.18. The van der Waals surface area contributed by atoms with Gasteiger partial charge in [0.1, 0.15) is 0 Å². The van der Waals surface area contributed by atoms with Crippen LogP contribution in [0.15, 0.2) is 11.0 Å². The van der Waals surface area contributed by atoms with Crippen molar-refractivity contribution in [2.75, 3.05) is 13.1 Å². The van der Waals surface area contributed by atoms with Crippen LogP contribution in [0.2, 0.25) is 0 Å². The van der Waals surface area contributed by atoms with Crippen LogP contribution in [0.5, 0.6) is 0 Å². The number of sulfonamides is 1. The standard InChI is InChI=1S/C15H24N2O2S/c1-10-8-11(2)13(4)15(12(10)3)20(18,19)17-14-6-5-7-16-9-14/h8,14,16-17H,5-7,9H2,1-4H3/t14-/m0/s1. The normalized spacial score (nSPS) is 20.1. The molecule has 1 aliphatic rings. The Balaban J connectivity index is 2.38. The van der Waals surface area contributed by atoms with Crippen LogP contribution in [0.25, 0.3) is 0 Å². The van der Waals surface area contributed by atoms with Crippen molar-refractivity contribution in [1.29, 1.82) is 0 Å². The summed E-state index contributed by atoms with van der Waals surface area (Å²) in [5.41, 5.74) is 3.75. The summed E-state index contributed by atoms with van der Waals surface area (Å²) >= 11 is 0. The van der Waals surface area contributed by atoms with Gasteiger partial charge in [0.2, 0.25) is 10.0 Å². The first-order chi connectivity index (χ1) is 9.33. The smallest absolute Gasteiger partial charge is 0.241 e. The van der Waals surface area contributed by atoms with Crippen molar-refractivity contribution < 1.29 is 8.42 Å². The fourth-order valence-electron chi connectivity index (χ4n) is 2.81. The van der Waals surface area contributed by atoms with E-state index in [4.69, 9.17) is 0 Å². The third kappa shape index (κ3) is 3.05. The van der Waals surface area contributed by atoms with Gasteiger partial charge < -0.3 is 5.32 Å². The van der Waals surface area contributed by atoms with E-state index in [9.17, 15) is 8.42 Å². The molecule has 1 saturated heterocycles. The SMILES string of the molecule is Cc1cc(C)c(C)c(S(=O)(=O)N[C@H]2CCCNC2)c1C. The Morgan fingerprint density at radius 3 is 2.25 bits per heavy atom. The summed E-state index contributed by atoms with van der Waals surface area (Å²) < 4.78 is 28.3. The molecular weight excluding hydrogens is 272 g/mol. The zero-order valence-corrected chi connectivity index (χ0v) is 13.5. The van der Waals surface area contributed by atoms with Gasteiger partial charge in [0.05, 0.1) is 4.90 Å². The summed E-state index contributed by atoms with van der Waals surface area (Å²) in [6.45, 7) is 9.37. The molecular formula is C15H24N2O2S. The molecule has 1 heterocycles. The van der Waals surface area contributed by atoms with E-state index in [1.54, 1.807) is 0 Å². The predicted molar refractivity (Wildman–Crippen MR) is 81.6 cm³/mol. The molecule has 0 spiro atoms. The average Bonchev–Trinajstić information content (AvgIpc) is 2.37. The number of benzene rings is 1. The van der Waals surface area contributed by atoms with Gasteiger partial charge in [0.25, 0.3) is 0 Å². The minimum Gasteiger partial charge on any atom is -0.315 e. The summed E-state index contributed by atoms with van der Waals surface area (Å²) in [5.74, 6) is 0. The van der Waals surface area contributed by atoms with Crippen LogP contribution in [0.1, 0.15) is 35.1 Å². The van der Waals surface area contributed by atoms with Crippen LogP contribution in [0.3, 0.4) is 0 Å². The highest BCUT2D eigenvalue weighted by Gasteiger charge is 2.25. The Labute approximate surface area is 122 Å². The maximum Gasteiger partial charge on any atom is 0.241 e. The average molecular weight is 296 g/mol. The first-order valence-corrected chi connectivity index (χ1v) is 8.61. The predicted octanol–water partition coefficient (Wildman–Crippen LogP) is 1.95. The highest BCUT2D eigenvalue weighted by atomic mass is 32.2. The molecule has 1 atom stereocenters. The van der Waals surface area contributed by atoms with Crippen LogP contribution in [-0.2, 0) is 10.0 Å². The minimum absolute atomic E-state index is 0.00614. The van der Waals surface area contributed by atoms with Gasteiger partial charge in [-0.3, -0.25) is 0 Å². The van der Waals surface area contributed by atoms with E-state index in [-0.39, 0.29) is 6.04 Å². The Morgan fingerprint density at radius 2 is 1.75 bits per heavy atom. The molecule has 0 saturated carbocycles. The van der Waals surface area contributed by atoms with Gasteiger partial charge in [-0.1, -0.05) is 6.07 Å². The second-order valence-electron chi connectivity index (χ2n) is 5.75. The van der Waals surface area contributed by atoms with E-state index in [2.05, 4.69) is 10.0 Å². The molecule has 0 aliphatic carbocycles. The Bertz CT molecular complexity index is 577. The molecule has 20 heavy (non-hydrogen) atoms. The zero-order chi connectivity index (χ0) is 14.9. The van der Waals surface area contributed by atoms with Gasteiger partial charge >= 0.3 is 0 Å². The van der Waals surface area contributed by atoms with Crippen LogP contribution < -0.4 is 10.0 Å². The number of hydrogen-bond acceptors (Lipinski definition) is 3. The van der Waals surface area contributed by atoms with Crippen molar-refractivity contribution in [2.45, 2.75) is 51.5 Å². The first-order valence-electron chi connectivity index (χ1n) is 7.13. The van der Waals surface area contributed by atoms with Crippen molar-refractivity contribution in [1.82, 2.24) is 10.0 Å². The summed E-state index contributed by atoms with van der Waals surface area (Å²) in [7, 11) is -3.46. The Kier molecular flexibility index (Phi) is 4.52. The van der Waals surface area contributed by atoms with Crippen molar-refractivity contribution >= 4 is 10.0 Å². The molecule has 0 amide bonds. The lowest BCUT2D eigenvalue weighted by Crippen LogP contribution is -2.45. The number of rotatable bonds is 3. The minimum atomic E-state index is -3.46. The maximum atomic E-state index is 12.7. The molecule has 112 valence electrons. The zero-order valence-electron chi connectivity index (χ0n) is 12.7. The molecule has 5 heteroatoms. The summed E-state index contributed by atoms with van der Waals surface area (Å²) in [5, 5.41) is 3.23. The van der Waals surface area contributed by atoms with Crippen LogP contribution >= 0.6 is 0 Å². The third-order valence-corrected chi connectivity index (χ3v) is 5.98. The largest absolute Gasteiger partial charge is 0.315 e. The van der Waals surface area contributed by atoms with E-state index in [1.165, 1.54) is 0 Å². The molecule has 0 unspecified atom stereocenters. The quantitative estimate of drug-likeness (QED) is 0.896. The van der Waals surface area contributed by atoms with Crippen LogP contribution in [0.4, 0.5) is 0 Å². The summed E-state index contributed by atoms with van der Waals surface area (Å²) in [4.78, 5) is 0.459. The molecule has 1 fully saturated rings. The van der Waals surface area contributed by atoms with E-state index >= 15 is 0 Å². The highest BCUT2D eigenvalue weighted by Crippen LogP contribution is 2.26. The van der Waals surface area contributed by atoms with Gasteiger partial charge in [-0.2, -0.15) is 0 Å². The van der Waals surface area contributed by atoms with Crippen LogP contribution in [-0.4, -0.2) is 27.5 Å². The van der Waals surface area contributed by atoms with E-state index < -0.39 is 10.0 Å². The summed E-state index contributed by atoms with van der Waals surface area (Å²) in [6.07, 6.45) is 1.91. The number of hydrogen-bond donors (Lipinski definition) is 2. The number of aryl methyl sites for hydroxylation is 2. The van der Waals surface area contributed by atoms with E-state index in [0.717, 1.165) is 41.6 Å². The molecule has 4 nitrogen and oxygen atoms in total. The second kappa shape index (κ2) is 5.84. The Morgan fingerprint density at radius 1 is 1.15 bits per heavy atom. The fourth-order valence-corrected chi connectivity index (χ4v) is 4.70.